The standard InChI is InChI=1S/C20H24N4O2/c21-9-1-10-22-19-6-2-15(3-7-19)13-24-11-8-16-12-17(20(25)23-26)4-5-18(16)14-24/h1-7,10,12,22,26H,8-9,11,13-14,21H2,(H,23,25)/b10-1-. The molecule has 0 atom stereocenters. The highest BCUT2D eigenvalue weighted by molar-refractivity contribution is 5.93. The monoisotopic (exact) mass is 352 g/mol. The number of nitrogens with two attached hydrogens (primary N) is 1. The fraction of sp³-hybridized carbons (Fsp3) is 0.250. The third-order valence-corrected chi connectivity index (χ3v) is 4.53. The molecule has 1 amide bonds. The van der Waals surface area contributed by atoms with Crippen LogP contribution in [0, 0.1) is 0 Å². The lowest BCUT2D eigenvalue weighted by atomic mass is 9.96. The normalized spacial score (nSPS) is 14.2. The summed E-state index contributed by atoms with van der Waals surface area (Å²) < 4.78 is 0. The molecule has 1 heterocycles. The first-order valence-electron chi connectivity index (χ1n) is 8.68. The van der Waals surface area contributed by atoms with E-state index < -0.39 is 5.91 Å². The Morgan fingerprint density at radius 1 is 1.19 bits per heavy atom. The minimum absolute atomic E-state index is 0.467. The van der Waals surface area contributed by atoms with Crippen LogP contribution in [0.4, 0.5) is 5.69 Å². The van der Waals surface area contributed by atoms with Gasteiger partial charge in [0, 0.05) is 37.4 Å². The lowest BCUT2D eigenvalue weighted by Crippen LogP contribution is -2.30. The zero-order chi connectivity index (χ0) is 18.4. The number of carbonyl (C=O) groups is 1. The van der Waals surface area contributed by atoms with E-state index in [-0.39, 0.29) is 0 Å². The Balaban J connectivity index is 1.60. The molecule has 0 saturated carbocycles. The summed E-state index contributed by atoms with van der Waals surface area (Å²) >= 11 is 0. The average molecular weight is 352 g/mol. The molecule has 0 spiro atoms. The van der Waals surface area contributed by atoms with Crippen molar-refractivity contribution in [3.63, 3.8) is 0 Å². The molecule has 0 aliphatic carbocycles. The van der Waals surface area contributed by atoms with Crippen LogP contribution >= 0.6 is 0 Å². The highest BCUT2D eigenvalue weighted by atomic mass is 16.5. The highest BCUT2D eigenvalue weighted by Gasteiger charge is 2.18. The van der Waals surface area contributed by atoms with E-state index in [4.69, 9.17) is 10.9 Å². The number of rotatable bonds is 6. The van der Waals surface area contributed by atoms with Crippen molar-refractivity contribution >= 4 is 11.6 Å². The summed E-state index contributed by atoms with van der Waals surface area (Å²) in [6, 6.07) is 14.0. The minimum Gasteiger partial charge on any atom is -0.362 e. The smallest absolute Gasteiger partial charge is 0.274 e. The number of hydrogen-bond donors (Lipinski definition) is 4. The number of benzene rings is 2. The Labute approximate surface area is 153 Å². The SMILES string of the molecule is NC/C=C\Nc1ccc(CN2CCc3cc(C(=O)NO)ccc3C2)cc1. The largest absolute Gasteiger partial charge is 0.362 e. The van der Waals surface area contributed by atoms with Crippen molar-refractivity contribution in [1.29, 1.82) is 0 Å². The highest BCUT2D eigenvalue weighted by Crippen LogP contribution is 2.22. The zero-order valence-corrected chi connectivity index (χ0v) is 14.6. The molecule has 0 fully saturated rings. The summed E-state index contributed by atoms with van der Waals surface area (Å²) in [5, 5.41) is 11.9. The molecule has 0 unspecified atom stereocenters. The molecule has 0 aromatic heterocycles. The third kappa shape index (κ3) is 4.49. The quantitative estimate of drug-likeness (QED) is 0.473. The molecule has 6 heteroatoms. The molecule has 1 aliphatic heterocycles. The van der Waals surface area contributed by atoms with Gasteiger partial charge in [-0.05, 0) is 53.6 Å². The Morgan fingerprint density at radius 2 is 2.00 bits per heavy atom. The minimum atomic E-state index is -0.467. The van der Waals surface area contributed by atoms with Gasteiger partial charge < -0.3 is 11.1 Å². The zero-order valence-electron chi connectivity index (χ0n) is 14.6. The molecule has 5 N–H and O–H groups in total. The van der Waals surface area contributed by atoms with Crippen LogP contribution in [0.15, 0.2) is 54.7 Å². The number of amides is 1. The van der Waals surface area contributed by atoms with Gasteiger partial charge in [0.05, 0.1) is 0 Å². The van der Waals surface area contributed by atoms with Crippen LogP contribution in [-0.2, 0) is 19.5 Å². The van der Waals surface area contributed by atoms with Gasteiger partial charge in [0.25, 0.3) is 5.91 Å². The van der Waals surface area contributed by atoms with Gasteiger partial charge in [0.2, 0.25) is 0 Å². The molecule has 26 heavy (non-hydrogen) atoms. The summed E-state index contributed by atoms with van der Waals surface area (Å²) in [7, 11) is 0. The Hall–Kier alpha value is -2.67. The van der Waals surface area contributed by atoms with E-state index >= 15 is 0 Å². The van der Waals surface area contributed by atoms with Gasteiger partial charge in [0.15, 0.2) is 0 Å². The lowest BCUT2D eigenvalue weighted by Gasteiger charge is -2.29. The number of fused-ring (bicyclic) bond motifs is 1. The molecule has 2 aromatic carbocycles. The Morgan fingerprint density at radius 3 is 2.73 bits per heavy atom. The summed E-state index contributed by atoms with van der Waals surface area (Å²) in [6.45, 7) is 3.21. The molecule has 1 aliphatic rings. The van der Waals surface area contributed by atoms with Gasteiger partial charge in [-0.25, -0.2) is 5.48 Å². The van der Waals surface area contributed by atoms with Crippen molar-refractivity contribution in [2.45, 2.75) is 19.5 Å². The maximum Gasteiger partial charge on any atom is 0.274 e. The molecule has 0 saturated heterocycles. The molecule has 136 valence electrons. The van der Waals surface area contributed by atoms with Gasteiger partial charge in [0.1, 0.15) is 0 Å². The van der Waals surface area contributed by atoms with Crippen LogP contribution in [-0.4, -0.2) is 29.1 Å². The van der Waals surface area contributed by atoms with Gasteiger partial charge in [-0.1, -0.05) is 24.3 Å². The fourth-order valence-corrected chi connectivity index (χ4v) is 3.14. The summed E-state index contributed by atoms with van der Waals surface area (Å²) in [4.78, 5) is 13.9. The van der Waals surface area contributed by atoms with E-state index in [9.17, 15) is 4.79 Å². The van der Waals surface area contributed by atoms with Crippen molar-refractivity contribution in [3.8, 4) is 0 Å². The first-order chi connectivity index (χ1) is 12.7. The number of anilines is 1. The van der Waals surface area contributed by atoms with Gasteiger partial charge in [-0.3, -0.25) is 14.9 Å². The van der Waals surface area contributed by atoms with E-state index in [1.165, 1.54) is 16.7 Å². The van der Waals surface area contributed by atoms with Crippen LogP contribution in [0.25, 0.3) is 0 Å². The number of hydrogen-bond acceptors (Lipinski definition) is 5. The van der Waals surface area contributed by atoms with Crippen LogP contribution < -0.4 is 16.5 Å². The number of hydroxylamine groups is 1. The molecule has 3 rings (SSSR count). The van der Waals surface area contributed by atoms with Crippen molar-refractivity contribution < 1.29 is 10.0 Å². The van der Waals surface area contributed by atoms with Gasteiger partial charge in [-0.2, -0.15) is 0 Å². The predicted octanol–water partition coefficient (Wildman–Crippen LogP) is 2.25. The lowest BCUT2D eigenvalue weighted by molar-refractivity contribution is 0.0706. The van der Waals surface area contributed by atoms with Gasteiger partial charge in [-0.15, -0.1) is 0 Å². The number of carbonyl (C=O) groups excluding carboxylic acids is 1. The van der Waals surface area contributed by atoms with Crippen LogP contribution in [0.1, 0.15) is 27.0 Å². The topological polar surface area (TPSA) is 90.6 Å². The molecule has 0 radical (unpaired) electrons. The van der Waals surface area contributed by atoms with E-state index in [0.29, 0.717) is 12.1 Å². The second kappa shape index (κ2) is 8.62. The second-order valence-corrected chi connectivity index (χ2v) is 6.36. The third-order valence-electron chi connectivity index (χ3n) is 4.53. The molecule has 2 aromatic rings. The number of nitrogens with one attached hydrogen (secondary N) is 2. The summed E-state index contributed by atoms with van der Waals surface area (Å²) in [5.41, 5.74) is 12.3. The summed E-state index contributed by atoms with van der Waals surface area (Å²) in [6.07, 6.45) is 4.61. The van der Waals surface area contributed by atoms with Crippen LogP contribution in [0.2, 0.25) is 0 Å². The maximum atomic E-state index is 11.5. The van der Waals surface area contributed by atoms with E-state index in [2.05, 4.69) is 34.5 Å². The molecular weight excluding hydrogens is 328 g/mol. The van der Waals surface area contributed by atoms with E-state index in [0.717, 1.165) is 31.7 Å². The predicted molar refractivity (Wildman–Crippen MR) is 102 cm³/mol. The van der Waals surface area contributed by atoms with E-state index in [1.54, 1.807) is 11.5 Å². The maximum absolute atomic E-state index is 11.5. The van der Waals surface area contributed by atoms with Crippen molar-refractivity contribution in [2.75, 3.05) is 18.4 Å². The van der Waals surface area contributed by atoms with Crippen LogP contribution in [0.3, 0.4) is 0 Å². The van der Waals surface area contributed by atoms with Crippen molar-refractivity contribution in [3.05, 3.63) is 77.0 Å². The van der Waals surface area contributed by atoms with Crippen LogP contribution in [0.5, 0.6) is 0 Å². The number of nitrogens with zero attached hydrogens (tertiary/aromatic N) is 1. The Kier molecular flexibility index (Phi) is 6.01. The average Bonchev–Trinajstić information content (AvgIpc) is 2.68. The molecule has 6 nitrogen and oxygen atoms in total. The van der Waals surface area contributed by atoms with Gasteiger partial charge >= 0.3 is 0 Å². The van der Waals surface area contributed by atoms with Crippen molar-refractivity contribution in [1.82, 2.24) is 10.4 Å². The molecular formula is C20H24N4O2. The first-order valence-corrected chi connectivity index (χ1v) is 8.68. The summed E-state index contributed by atoms with van der Waals surface area (Å²) in [5.74, 6) is -0.467. The van der Waals surface area contributed by atoms with E-state index in [1.807, 2.05) is 24.4 Å². The molecule has 0 bridgehead atoms. The first kappa shape index (κ1) is 18.1. The van der Waals surface area contributed by atoms with Crippen molar-refractivity contribution in [2.24, 2.45) is 5.73 Å². The Bertz CT molecular complexity index is 787. The fourth-order valence-electron chi connectivity index (χ4n) is 3.14. The second-order valence-electron chi connectivity index (χ2n) is 6.36.